The van der Waals surface area contributed by atoms with Crippen LogP contribution in [0.1, 0.15) is 34.8 Å². The molecular formula is C19H16BrFN2O3. The van der Waals surface area contributed by atoms with Gasteiger partial charge in [0.2, 0.25) is 5.88 Å². The molecule has 1 N–H and O–H groups in total. The highest BCUT2D eigenvalue weighted by Gasteiger charge is 2.19. The average Bonchev–Trinajstić information content (AvgIpc) is 3.04. The van der Waals surface area contributed by atoms with Gasteiger partial charge in [0.05, 0.1) is 10.5 Å². The number of hydrogen-bond donors (Lipinski definition) is 1. The van der Waals surface area contributed by atoms with Crippen LogP contribution in [-0.4, -0.2) is 10.9 Å². The number of amides is 1. The lowest BCUT2D eigenvalue weighted by molar-refractivity contribution is 0.0932. The highest BCUT2D eigenvalue weighted by atomic mass is 79.9. The molecule has 0 bridgehead atoms. The first-order valence-electron chi connectivity index (χ1n) is 7.89. The molecule has 0 aliphatic heterocycles. The van der Waals surface area contributed by atoms with Gasteiger partial charge >= 0.3 is 0 Å². The Hall–Kier alpha value is -2.67. The standard InChI is InChI=1S/C19H16BrFN2O3/c1-11-5-7-16(25-11)12(2)23-18(24)14-4-3-9-22-19(14)26-17-8-6-13(21)10-15(17)20/h3-10,12H,1-2H3,(H,23,24). The summed E-state index contributed by atoms with van der Waals surface area (Å²) in [5.41, 5.74) is 0.263. The van der Waals surface area contributed by atoms with Crippen molar-refractivity contribution in [3.05, 3.63) is 76.0 Å². The summed E-state index contributed by atoms with van der Waals surface area (Å²) >= 11 is 3.23. The number of carbonyl (C=O) groups is 1. The highest BCUT2D eigenvalue weighted by molar-refractivity contribution is 9.10. The number of carbonyl (C=O) groups excluding carboxylic acids is 1. The summed E-state index contributed by atoms with van der Waals surface area (Å²) in [6.07, 6.45) is 1.52. The van der Waals surface area contributed by atoms with E-state index in [1.54, 1.807) is 12.1 Å². The Morgan fingerprint density at radius 2 is 2.12 bits per heavy atom. The number of ether oxygens (including phenoxy) is 1. The van der Waals surface area contributed by atoms with Crippen LogP contribution in [-0.2, 0) is 0 Å². The van der Waals surface area contributed by atoms with E-state index in [4.69, 9.17) is 9.15 Å². The predicted octanol–water partition coefficient (Wildman–Crippen LogP) is 5.17. The smallest absolute Gasteiger partial charge is 0.257 e. The predicted molar refractivity (Wildman–Crippen MR) is 97.7 cm³/mol. The minimum absolute atomic E-state index is 0.125. The Bertz CT molecular complexity index is 942. The van der Waals surface area contributed by atoms with Gasteiger partial charge in [-0.1, -0.05) is 0 Å². The van der Waals surface area contributed by atoms with E-state index in [1.807, 2.05) is 26.0 Å². The third-order valence-electron chi connectivity index (χ3n) is 3.65. The van der Waals surface area contributed by atoms with Crippen LogP contribution in [0.5, 0.6) is 11.6 Å². The molecule has 3 aromatic rings. The number of furan rings is 1. The molecule has 0 spiro atoms. The fraction of sp³-hybridized carbons (Fsp3) is 0.158. The monoisotopic (exact) mass is 418 g/mol. The van der Waals surface area contributed by atoms with Crippen LogP contribution in [0.3, 0.4) is 0 Å². The van der Waals surface area contributed by atoms with E-state index in [-0.39, 0.29) is 23.4 Å². The summed E-state index contributed by atoms with van der Waals surface area (Å²) < 4.78 is 24.9. The van der Waals surface area contributed by atoms with Gasteiger partial charge in [0.25, 0.3) is 5.91 Å². The lowest BCUT2D eigenvalue weighted by Gasteiger charge is -2.14. The number of hydrogen-bond acceptors (Lipinski definition) is 4. The van der Waals surface area contributed by atoms with E-state index in [9.17, 15) is 9.18 Å². The summed E-state index contributed by atoms with van der Waals surface area (Å²) in [5, 5.41) is 2.85. The van der Waals surface area contributed by atoms with Gasteiger partial charge in [-0.2, -0.15) is 0 Å². The third kappa shape index (κ3) is 4.11. The molecule has 0 saturated carbocycles. The normalized spacial score (nSPS) is 11.8. The Morgan fingerprint density at radius 3 is 2.81 bits per heavy atom. The van der Waals surface area contributed by atoms with Crippen LogP contribution >= 0.6 is 15.9 Å². The molecule has 0 fully saturated rings. The first-order chi connectivity index (χ1) is 12.4. The molecule has 134 valence electrons. The van der Waals surface area contributed by atoms with E-state index in [2.05, 4.69) is 26.2 Å². The highest BCUT2D eigenvalue weighted by Crippen LogP contribution is 2.31. The van der Waals surface area contributed by atoms with Crippen molar-refractivity contribution in [3.8, 4) is 11.6 Å². The maximum Gasteiger partial charge on any atom is 0.257 e. The third-order valence-corrected chi connectivity index (χ3v) is 4.27. The Balaban J connectivity index is 1.81. The number of benzene rings is 1. The van der Waals surface area contributed by atoms with Crippen molar-refractivity contribution >= 4 is 21.8 Å². The van der Waals surface area contributed by atoms with E-state index < -0.39 is 5.82 Å². The molecule has 26 heavy (non-hydrogen) atoms. The molecule has 0 aliphatic carbocycles. The SMILES string of the molecule is Cc1ccc(C(C)NC(=O)c2cccnc2Oc2ccc(F)cc2Br)o1. The number of aryl methyl sites for hydroxylation is 1. The van der Waals surface area contributed by atoms with Gasteiger partial charge in [-0.25, -0.2) is 9.37 Å². The van der Waals surface area contributed by atoms with Crippen molar-refractivity contribution in [2.45, 2.75) is 19.9 Å². The topological polar surface area (TPSA) is 64.4 Å². The second-order valence-electron chi connectivity index (χ2n) is 5.68. The van der Waals surface area contributed by atoms with Gasteiger partial charge in [-0.3, -0.25) is 4.79 Å². The van der Waals surface area contributed by atoms with Crippen LogP contribution in [0.4, 0.5) is 4.39 Å². The molecule has 7 heteroatoms. The fourth-order valence-electron chi connectivity index (χ4n) is 2.34. The average molecular weight is 419 g/mol. The van der Waals surface area contributed by atoms with Crippen molar-refractivity contribution < 1.29 is 18.3 Å². The zero-order valence-electron chi connectivity index (χ0n) is 14.1. The Morgan fingerprint density at radius 1 is 1.31 bits per heavy atom. The number of nitrogens with zero attached hydrogens (tertiary/aromatic N) is 1. The summed E-state index contributed by atoms with van der Waals surface area (Å²) in [4.78, 5) is 16.8. The number of rotatable bonds is 5. The summed E-state index contributed by atoms with van der Waals surface area (Å²) in [5.74, 6) is 1.16. The van der Waals surface area contributed by atoms with Crippen LogP contribution < -0.4 is 10.1 Å². The van der Waals surface area contributed by atoms with E-state index in [1.165, 1.54) is 24.4 Å². The van der Waals surface area contributed by atoms with Crippen molar-refractivity contribution in [1.29, 1.82) is 0 Å². The van der Waals surface area contributed by atoms with Crippen LogP contribution in [0.2, 0.25) is 0 Å². The molecule has 1 amide bonds. The molecular weight excluding hydrogens is 403 g/mol. The van der Waals surface area contributed by atoms with Gasteiger partial charge in [-0.05, 0) is 72.2 Å². The molecule has 0 aliphatic rings. The zero-order valence-corrected chi connectivity index (χ0v) is 15.7. The number of halogens is 2. The second-order valence-corrected chi connectivity index (χ2v) is 6.53. The molecule has 1 atom stereocenters. The summed E-state index contributed by atoms with van der Waals surface area (Å²) in [6, 6.07) is 10.6. The van der Waals surface area contributed by atoms with E-state index >= 15 is 0 Å². The van der Waals surface area contributed by atoms with Crippen molar-refractivity contribution in [2.75, 3.05) is 0 Å². The van der Waals surface area contributed by atoms with E-state index in [0.29, 0.717) is 16.0 Å². The quantitative estimate of drug-likeness (QED) is 0.620. The first kappa shape index (κ1) is 18.1. The second kappa shape index (κ2) is 7.70. The van der Waals surface area contributed by atoms with Gasteiger partial charge in [0.15, 0.2) is 0 Å². The molecule has 3 rings (SSSR count). The molecule has 2 heterocycles. The molecule has 1 aromatic carbocycles. The molecule has 0 radical (unpaired) electrons. The minimum Gasteiger partial charge on any atom is -0.464 e. The Labute approximate surface area is 158 Å². The fourth-order valence-corrected chi connectivity index (χ4v) is 2.77. The lowest BCUT2D eigenvalue weighted by atomic mass is 10.2. The van der Waals surface area contributed by atoms with Crippen molar-refractivity contribution in [1.82, 2.24) is 10.3 Å². The molecule has 1 unspecified atom stereocenters. The minimum atomic E-state index is -0.397. The Kier molecular flexibility index (Phi) is 5.37. The lowest BCUT2D eigenvalue weighted by Crippen LogP contribution is -2.26. The zero-order chi connectivity index (χ0) is 18.7. The molecule has 0 saturated heterocycles. The van der Waals surface area contributed by atoms with Crippen molar-refractivity contribution in [3.63, 3.8) is 0 Å². The van der Waals surface area contributed by atoms with Gasteiger partial charge in [-0.15, -0.1) is 0 Å². The molecule has 5 nitrogen and oxygen atoms in total. The number of aromatic nitrogens is 1. The first-order valence-corrected chi connectivity index (χ1v) is 8.68. The van der Waals surface area contributed by atoms with Crippen LogP contribution in [0.25, 0.3) is 0 Å². The molecule has 2 aromatic heterocycles. The summed E-state index contributed by atoms with van der Waals surface area (Å²) in [6.45, 7) is 3.66. The van der Waals surface area contributed by atoms with Gasteiger partial charge < -0.3 is 14.5 Å². The van der Waals surface area contributed by atoms with Crippen LogP contribution in [0.15, 0.2) is 57.6 Å². The maximum atomic E-state index is 13.2. The number of pyridine rings is 1. The van der Waals surface area contributed by atoms with Gasteiger partial charge in [0.1, 0.15) is 28.7 Å². The van der Waals surface area contributed by atoms with Gasteiger partial charge in [0, 0.05) is 6.20 Å². The number of nitrogens with one attached hydrogen (secondary N) is 1. The van der Waals surface area contributed by atoms with Crippen molar-refractivity contribution in [2.24, 2.45) is 0 Å². The maximum absolute atomic E-state index is 13.2. The van der Waals surface area contributed by atoms with Crippen LogP contribution in [0, 0.1) is 12.7 Å². The largest absolute Gasteiger partial charge is 0.464 e. The van der Waals surface area contributed by atoms with E-state index in [0.717, 1.165) is 5.76 Å². The summed E-state index contributed by atoms with van der Waals surface area (Å²) in [7, 11) is 0.